The Balaban J connectivity index is 2.94. The standard InChI is InChI=1S/C12H14F3NOS/c1-7-4-8(2)11(18-6-12(13,14)15)5-10(7)16-9(3)17/h4-5H,6H2,1-3H3,(H,16,17). The second-order valence-electron chi connectivity index (χ2n) is 4.02. The van der Waals surface area contributed by atoms with Gasteiger partial charge in [-0.05, 0) is 31.0 Å². The second-order valence-corrected chi connectivity index (χ2v) is 5.03. The van der Waals surface area contributed by atoms with Crippen LogP contribution in [0.5, 0.6) is 0 Å². The van der Waals surface area contributed by atoms with E-state index in [1.54, 1.807) is 26.0 Å². The highest BCUT2D eigenvalue weighted by Crippen LogP contribution is 2.32. The summed E-state index contributed by atoms with van der Waals surface area (Å²) in [6, 6.07) is 3.35. The molecule has 0 saturated heterocycles. The van der Waals surface area contributed by atoms with E-state index in [1.807, 2.05) is 0 Å². The van der Waals surface area contributed by atoms with Gasteiger partial charge >= 0.3 is 6.18 Å². The number of amides is 1. The molecule has 1 rings (SSSR count). The largest absolute Gasteiger partial charge is 0.398 e. The van der Waals surface area contributed by atoms with Crippen LogP contribution in [0.4, 0.5) is 18.9 Å². The smallest absolute Gasteiger partial charge is 0.326 e. The quantitative estimate of drug-likeness (QED) is 0.848. The summed E-state index contributed by atoms with van der Waals surface area (Å²) < 4.78 is 36.5. The van der Waals surface area contributed by atoms with Gasteiger partial charge in [0.1, 0.15) is 0 Å². The fourth-order valence-electron chi connectivity index (χ4n) is 1.47. The second kappa shape index (κ2) is 5.65. The number of alkyl halides is 3. The summed E-state index contributed by atoms with van der Waals surface area (Å²) in [5, 5.41) is 2.60. The van der Waals surface area contributed by atoms with E-state index in [2.05, 4.69) is 5.32 Å². The molecular formula is C12H14F3NOS. The normalized spacial score (nSPS) is 11.4. The molecule has 0 fully saturated rings. The van der Waals surface area contributed by atoms with Crippen LogP contribution in [0.1, 0.15) is 18.1 Å². The number of hydrogen-bond acceptors (Lipinski definition) is 2. The molecule has 1 amide bonds. The number of benzene rings is 1. The van der Waals surface area contributed by atoms with Crippen LogP contribution in [0, 0.1) is 13.8 Å². The Kier molecular flexibility index (Phi) is 4.67. The SMILES string of the molecule is CC(=O)Nc1cc(SCC(F)(F)F)c(C)cc1C. The summed E-state index contributed by atoms with van der Waals surface area (Å²) in [4.78, 5) is 11.5. The average molecular weight is 277 g/mol. The molecule has 0 aliphatic rings. The lowest BCUT2D eigenvalue weighted by Crippen LogP contribution is -2.11. The van der Waals surface area contributed by atoms with Gasteiger partial charge in [0.15, 0.2) is 0 Å². The van der Waals surface area contributed by atoms with Crippen molar-refractivity contribution in [3.63, 3.8) is 0 Å². The first-order valence-corrected chi connectivity index (χ1v) is 6.26. The van der Waals surface area contributed by atoms with Crippen LogP contribution in [0.3, 0.4) is 0 Å². The first-order chi connectivity index (χ1) is 8.19. The van der Waals surface area contributed by atoms with E-state index >= 15 is 0 Å². The predicted octanol–water partition coefficient (Wildman–Crippen LogP) is 3.92. The minimum atomic E-state index is -4.20. The zero-order valence-electron chi connectivity index (χ0n) is 10.3. The summed E-state index contributed by atoms with van der Waals surface area (Å²) in [6.07, 6.45) is -4.20. The van der Waals surface area contributed by atoms with Crippen molar-refractivity contribution in [2.45, 2.75) is 31.8 Å². The molecule has 18 heavy (non-hydrogen) atoms. The molecule has 1 aromatic carbocycles. The van der Waals surface area contributed by atoms with Gasteiger partial charge in [-0.15, -0.1) is 11.8 Å². The van der Waals surface area contributed by atoms with Gasteiger partial charge in [-0.3, -0.25) is 4.79 Å². The lowest BCUT2D eigenvalue weighted by molar-refractivity contribution is -0.114. The zero-order chi connectivity index (χ0) is 13.9. The van der Waals surface area contributed by atoms with Gasteiger partial charge in [0.05, 0.1) is 5.75 Å². The summed E-state index contributed by atoms with van der Waals surface area (Å²) >= 11 is 0.728. The van der Waals surface area contributed by atoms with E-state index in [0.29, 0.717) is 10.6 Å². The molecule has 0 saturated carbocycles. The fourth-order valence-corrected chi connectivity index (χ4v) is 2.28. The minimum Gasteiger partial charge on any atom is -0.326 e. The van der Waals surface area contributed by atoms with Gasteiger partial charge in [-0.1, -0.05) is 6.07 Å². The summed E-state index contributed by atoms with van der Waals surface area (Å²) in [5.41, 5.74) is 2.16. The Hall–Kier alpha value is -1.17. The third-order valence-corrected chi connectivity index (χ3v) is 3.45. The monoisotopic (exact) mass is 277 g/mol. The van der Waals surface area contributed by atoms with Gasteiger partial charge in [-0.25, -0.2) is 0 Å². The number of hydrogen-bond donors (Lipinski definition) is 1. The highest BCUT2D eigenvalue weighted by atomic mass is 32.2. The number of anilines is 1. The third kappa shape index (κ3) is 4.60. The molecule has 6 heteroatoms. The van der Waals surface area contributed by atoms with Crippen molar-refractivity contribution >= 4 is 23.4 Å². The summed E-state index contributed by atoms with van der Waals surface area (Å²) in [5.74, 6) is -1.18. The third-order valence-electron chi connectivity index (χ3n) is 2.22. The number of carbonyl (C=O) groups is 1. The Labute approximate surface area is 108 Å². The molecule has 0 heterocycles. The van der Waals surface area contributed by atoms with Crippen molar-refractivity contribution in [2.75, 3.05) is 11.1 Å². The van der Waals surface area contributed by atoms with Crippen molar-refractivity contribution in [2.24, 2.45) is 0 Å². The lowest BCUT2D eigenvalue weighted by atomic mass is 10.1. The van der Waals surface area contributed by atoms with Gasteiger partial charge in [0.2, 0.25) is 5.91 Å². The van der Waals surface area contributed by atoms with E-state index in [0.717, 1.165) is 22.9 Å². The number of halogens is 3. The first kappa shape index (κ1) is 14.9. The van der Waals surface area contributed by atoms with Crippen molar-refractivity contribution in [3.05, 3.63) is 23.3 Å². The van der Waals surface area contributed by atoms with E-state index in [-0.39, 0.29) is 5.91 Å². The topological polar surface area (TPSA) is 29.1 Å². The van der Waals surface area contributed by atoms with E-state index in [1.165, 1.54) is 6.92 Å². The maximum absolute atomic E-state index is 12.2. The van der Waals surface area contributed by atoms with Crippen molar-refractivity contribution in [1.82, 2.24) is 0 Å². The van der Waals surface area contributed by atoms with Gasteiger partial charge in [0.25, 0.3) is 0 Å². The molecule has 0 aliphatic heterocycles. The average Bonchev–Trinajstić information content (AvgIpc) is 2.18. The first-order valence-electron chi connectivity index (χ1n) is 5.27. The molecule has 1 N–H and O–H groups in total. The molecule has 0 unspecified atom stereocenters. The molecule has 2 nitrogen and oxygen atoms in total. The van der Waals surface area contributed by atoms with E-state index < -0.39 is 11.9 Å². The molecular weight excluding hydrogens is 263 g/mol. The van der Waals surface area contributed by atoms with Crippen LogP contribution in [-0.2, 0) is 4.79 Å². The Morgan fingerprint density at radius 2 is 1.89 bits per heavy atom. The molecule has 0 aromatic heterocycles. The van der Waals surface area contributed by atoms with Crippen LogP contribution in [-0.4, -0.2) is 17.8 Å². The Bertz CT molecular complexity index is 457. The number of rotatable bonds is 3. The van der Waals surface area contributed by atoms with Gasteiger partial charge in [0, 0.05) is 17.5 Å². The van der Waals surface area contributed by atoms with Crippen molar-refractivity contribution < 1.29 is 18.0 Å². The summed E-state index contributed by atoms with van der Waals surface area (Å²) in [6.45, 7) is 4.92. The summed E-state index contributed by atoms with van der Waals surface area (Å²) in [7, 11) is 0. The highest BCUT2D eigenvalue weighted by Gasteiger charge is 2.27. The molecule has 1 aromatic rings. The highest BCUT2D eigenvalue weighted by molar-refractivity contribution is 7.99. The molecule has 0 atom stereocenters. The maximum Gasteiger partial charge on any atom is 0.398 e. The van der Waals surface area contributed by atoms with Crippen LogP contribution < -0.4 is 5.32 Å². The fraction of sp³-hybridized carbons (Fsp3) is 0.417. The molecule has 0 radical (unpaired) electrons. The maximum atomic E-state index is 12.2. The molecule has 0 bridgehead atoms. The van der Waals surface area contributed by atoms with E-state index in [9.17, 15) is 18.0 Å². The Morgan fingerprint density at radius 3 is 2.39 bits per heavy atom. The Morgan fingerprint density at radius 1 is 1.28 bits per heavy atom. The predicted molar refractivity (Wildman–Crippen MR) is 67.0 cm³/mol. The number of carbonyl (C=O) groups excluding carboxylic acids is 1. The van der Waals surface area contributed by atoms with Crippen LogP contribution in [0.15, 0.2) is 17.0 Å². The molecule has 100 valence electrons. The number of nitrogens with one attached hydrogen (secondary N) is 1. The van der Waals surface area contributed by atoms with Crippen LogP contribution >= 0.6 is 11.8 Å². The van der Waals surface area contributed by atoms with Gasteiger partial charge in [-0.2, -0.15) is 13.2 Å². The van der Waals surface area contributed by atoms with Crippen LogP contribution in [0.2, 0.25) is 0 Å². The van der Waals surface area contributed by atoms with Crippen molar-refractivity contribution in [3.8, 4) is 0 Å². The van der Waals surface area contributed by atoms with Gasteiger partial charge < -0.3 is 5.32 Å². The molecule has 0 aliphatic carbocycles. The van der Waals surface area contributed by atoms with Crippen LogP contribution in [0.25, 0.3) is 0 Å². The number of thioether (sulfide) groups is 1. The zero-order valence-corrected chi connectivity index (χ0v) is 11.1. The van der Waals surface area contributed by atoms with Crippen molar-refractivity contribution in [1.29, 1.82) is 0 Å². The van der Waals surface area contributed by atoms with E-state index in [4.69, 9.17) is 0 Å². The number of aryl methyl sites for hydroxylation is 2. The lowest BCUT2D eigenvalue weighted by Gasteiger charge is -2.13. The minimum absolute atomic E-state index is 0.242. The molecule has 0 spiro atoms.